The largest absolute Gasteiger partial charge is 0.383 e. The summed E-state index contributed by atoms with van der Waals surface area (Å²) in [5, 5.41) is 0. The van der Waals surface area contributed by atoms with Crippen molar-refractivity contribution >= 4 is 28.4 Å². The fraction of sp³-hybridized carbons (Fsp3) is 0.600. The van der Waals surface area contributed by atoms with Crippen molar-refractivity contribution in [2.45, 2.75) is 36.0 Å². The number of alkyl halides is 1. The predicted molar refractivity (Wildman–Crippen MR) is 65.5 cm³/mol. The third-order valence-corrected chi connectivity index (χ3v) is 4.75. The van der Waals surface area contributed by atoms with Crippen LogP contribution < -0.4 is 5.73 Å². The molecule has 2 rings (SSSR count). The summed E-state index contributed by atoms with van der Waals surface area (Å²) in [4.78, 5) is 8.44. The highest BCUT2D eigenvalue weighted by molar-refractivity contribution is 14.1. The van der Waals surface area contributed by atoms with Crippen molar-refractivity contribution in [3.05, 3.63) is 17.6 Å². The van der Waals surface area contributed by atoms with Crippen LogP contribution in [0.25, 0.3) is 0 Å². The minimum Gasteiger partial charge on any atom is -0.383 e. The summed E-state index contributed by atoms with van der Waals surface area (Å²) in [7, 11) is 0. The zero-order valence-electron chi connectivity index (χ0n) is 8.42. The van der Waals surface area contributed by atoms with Crippen LogP contribution in [0.2, 0.25) is 0 Å². The summed E-state index contributed by atoms with van der Waals surface area (Å²) in [6, 6.07) is 0. The Morgan fingerprint density at radius 2 is 2.36 bits per heavy atom. The Kier molecular flexibility index (Phi) is 2.41. The molecule has 1 aliphatic carbocycles. The van der Waals surface area contributed by atoms with Crippen molar-refractivity contribution < 1.29 is 0 Å². The molecule has 0 fully saturated rings. The topological polar surface area (TPSA) is 51.8 Å². The molecule has 0 amide bonds. The number of hydrogen-bond donors (Lipinski definition) is 1. The van der Waals surface area contributed by atoms with Crippen molar-refractivity contribution in [2.75, 3.05) is 5.73 Å². The predicted octanol–water partition coefficient (Wildman–Crippen LogP) is 2.61. The second-order valence-corrected chi connectivity index (χ2v) is 6.01. The molecule has 0 spiro atoms. The minimum absolute atomic E-state index is 0.151. The molecule has 3 nitrogen and oxygen atoms in total. The zero-order valence-corrected chi connectivity index (χ0v) is 10.6. The van der Waals surface area contributed by atoms with E-state index in [1.807, 2.05) is 0 Å². The van der Waals surface area contributed by atoms with Crippen LogP contribution in [-0.4, -0.2) is 9.97 Å². The van der Waals surface area contributed by atoms with E-state index in [1.165, 1.54) is 5.56 Å². The molecule has 0 saturated carbocycles. The van der Waals surface area contributed by atoms with E-state index in [2.05, 4.69) is 46.4 Å². The maximum Gasteiger partial charge on any atom is 0.131 e. The van der Waals surface area contributed by atoms with Gasteiger partial charge in [0, 0.05) is 11.5 Å². The zero-order chi connectivity index (χ0) is 10.3. The van der Waals surface area contributed by atoms with E-state index in [9.17, 15) is 0 Å². The van der Waals surface area contributed by atoms with Crippen molar-refractivity contribution in [1.82, 2.24) is 9.97 Å². The number of nitrogens with two attached hydrogens (primary N) is 1. The molecule has 0 bridgehead atoms. The van der Waals surface area contributed by atoms with Crippen LogP contribution in [0.5, 0.6) is 0 Å². The van der Waals surface area contributed by atoms with E-state index in [0.717, 1.165) is 18.5 Å². The number of aromatic nitrogens is 2. The lowest BCUT2D eigenvalue weighted by atomic mass is 9.99. The molecule has 14 heavy (non-hydrogen) atoms. The van der Waals surface area contributed by atoms with E-state index in [0.29, 0.717) is 11.7 Å². The Morgan fingerprint density at radius 1 is 1.64 bits per heavy atom. The molecular formula is C10H14IN3. The first-order valence-electron chi connectivity index (χ1n) is 4.88. The Morgan fingerprint density at radius 3 is 3.00 bits per heavy atom. The summed E-state index contributed by atoms with van der Waals surface area (Å²) in [5.41, 5.74) is 8.25. The maximum absolute atomic E-state index is 5.93. The van der Waals surface area contributed by atoms with Crippen molar-refractivity contribution in [1.29, 1.82) is 0 Å². The van der Waals surface area contributed by atoms with Gasteiger partial charge in [0.2, 0.25) is 0 Å². The van der Waals surface area contributed by atoms with Gasteiger partial charge in [-0.3, -0.25) is 0 Å². The summed E-state index contributed by atoms with van der Waals surface area (Å²) >= 11 is 2.50. The molecule has 4 heteroatoms. The first-order chi connectivity index (χ1) is 6.58. The average molecular weight is 303 g/mol. The van der Waals surface area contributed by atoms with E-state index < -0.39 is 0 Å². The van der Waals surface area contributed by atoms with Crippen LogP contribution >= 0.6 is 22.6 Å². The minimum atomic E-state index is 0.151. The number of fused-ring (bicyclic) bond motifs is 1. The molecule has 76 valence electrons. The molecule has 2 atom stereocenters. The Labute approximate surface area is 97.7 Å². The first kappa shape index (κ1) is 10.1. The van der Waals surface area contributed by atoms with Crippen LogP contribution in [0.3, 0.4) is 0 Å². The number of nitrogens with zero attached hydrogens (tertiary/aromatic N) is 2. The monoisotopic (exact) mass is 303 g/mol. The fourth-order valence-corrected chi connectivity index (χ4v) is 3.46. The quantitative estimate of drug-likeness (QED) is 0.641. The molecule has 0 radical (unpaired) electrons. The Balaban J connectivity index is 2.62. The normalized spacial score (nSPS) is 30.4. The van der Waals surface area contributed by atoms with Crippen LogP contribution in [0.15, 0.2) is 6.33 Å². The van der Waals surface area contributed by atoms with Gasteiger partial charge in [0.1, 0.15) is 12.1 Å². The lowest BCUT2D eigenvalue weighted by Gasteiger charge is -2.21. The van der Waals surface area contributed by atoms with Crippen molar-refractivity contribution in [2.24, 2.45) is 0 Å². The fourth-order valence-electron chi connectivity index (χ4n) is 2.25. The molecule has 1 aliphatic rings. The first-order valence-corrected chi connectivity index (χ1v) is 5.96. The molecule has 1 unspecified atom stereocenters. The van der Waals surface area contributed by atoms with Gasteiger partial charge in [-0.15, -0.1) is 0 Å². The third kappa shape index (κ3) is 1.31. The summed E-state index contributed by atoms with van der Waals surface area (Å²) in [6.45, 7) is 4.40. The van der Waals surface area contributed by atoms with Gasteiger partial charge < -0.3 is 5.73 Å². The third-order valence-electron chi connectivity index (χ3n) is 3.01. The van der Waals surface area contributed by atoms with Crippen molar-refractivity contribution in [3.8, 4) is 0 Å². The van der Waals surface area contributed by atoms with Gasteiger partial charge in [0.05, 0.1) is 9.12 Å². The molecule has 1 aromatic rings. The molecule has 0 aromatic carbocycles. The number of anilines is 1. The number of hydrogen-bond acceptors (Lipinski definition) is 3. The van der Waals surface area contributed by atoms with Gasteiger partial charge in [0.25, 0.3) is 0 Å². The highest BCUT2D eigenvalue weighted by Crippen LogP contribution is 2.52. The van der Waals surface area contributed by atoms with Gasteiger partial charge in [0.15, 0.2) is 0 Å². The number of halogens is 1. The number of nitrogen functional groups attached to an aromatic ring is 1. The molecule has 2 N–H and O–H groups in total. The van der Waals surface area contributed by atoms with E-state index in [4.69, 9.17) is 5.73 Å². The molecule has 0 saturated heterocycles. The summed E-state index contributed by atoms with van der Waals surface area (Å²) in [5.74, 6) is 1.17. The van der Waals surface area contributed by atoms with E-state index >= 15 is 0 Å². The van der Waals surface area contributed by atoms with Gasteiger partial charge in [-0.25, -0.2) is 9.97 Å². The van der Waals surface area contributed by atoms with Crippen molar-refractivity contribution in [3.63, 3.8) is 0 Å². The highest BCUT2D eigenvalue weighted by atomic mass is 127. The van der Waals surface area contributed by atoms with Crippen LogP contribution in [0.4, 0.5) is 5.82 Å². The van der Waals surface area contributed by atoms with Gasteiger partial charge in [-0.1, -0.05) is 36.4 Å². The second-order valence-electron chi connectivity index (χ2n) is 3.94. The molecular weight excluding hydrogens is 289 g/mol. The molecule has 0 aliphatic heterocycles. The second kappa shape index (κ2) is 3.32. The van der Waals surface area contributed by atoms with Gasteiger partial charge in [-0.2, -0.15) is 0 Å². The lowest BCUT2D eigenvalue weighted by molar-refractivity contribution is 0.577. The SMILES string of the molecule is CC[C@]1(I)CC(C)c2ncnc(N)c21. The highest BCUT2D eigenvalue weighted by Gasteiger charge is 2.41. The standard InChI is InChI=1S/C10H14IN3/c1-3-10(11)4-6(2)8-7(10)9(12)14-5-13-8/h5-6H,3-4H2,1-2H3,(H2,12,13,14)/t6?,10-/m0/s1. The summed E-state index contributed by atoms with van der Waals surface area (Å²) < 4.78 is 0.151. The van der Waals surface area contributed by atoms with Crippen LogP contribution in [-0.2, 0) is 3.42 Å². The van der Waals surface area contributed by atoms with Crippen LogP contribution in [0, 0.1) is 0 Å². The molecule has 1 heterocycles. The summed E-state index contributed by atoms with van der Waals surface area (Å²) in [6.07, 6.45) is 3.79. The van der Waals surface area contributed by atoms with Crippen LogP contribution in [0.1, 0.15) is 43.9 Å². The van der Waals surface area contributed by atoms with Gasteiger partial charge in [-0.05, 0) is 12.8 Å². The molecule has 1 aromatic heterocycles. The Bertz CT molecular complexity index is 366. The number of rotatable bonds is 1. The van der Waals surface area contributed by atoms with Gasteiger partial charge >= 0.3 is 0 Å². The maximum atomic E-state index is 5.93. The van der Waals surface area contributed by atoms with E-state index in [-0.39, 0.29) is 3.42 Å². The average Bonchev–Trinajstić information content (AvgIpc) is 2.42. The smallest absolute Gasteiger partial charge is 0.131 e. The Hall–Kier alpha value is -0.390. The van der Waals surface area contributed by atoms with E-state index in [1.54, 1.807) is 6.33 Å². The lowest BCUT2D eigenvalue weighted by Crippen LogP contribution is -2.15.